The number of aryl methyl sites for hydroxylation is 1. The fourth-order valence-electron chi connectivity index (χ4n) is 1.91. The molecule has 0 aliphatic rings. The van der Waals surface area contributed by atoms with Crippen LogP contribution in [0.3, 0.4) is 0 Å². The lowest BCUT2D eigenvalue weighted by molar-refractivity contribution is 0.262. The predicted octanol–water partition coefficient (Wildman–Crippen LogP) is 3.34. The summed E-state index contributed by atoms with van der Waals surface area (Å²) < 4.78 is 1.61. The van der Waals surface area contributed by atoms with Crippen molar-refractivity contribution in [1.82, 2.24) is 14.6 Å². The lowest BCUT2D eigenvalue weighted by Crippen LogP contribution is -2.20. The zero-order chi connectivity index (χ0) is 14.8. The summed E-state index contributed by atoms with van der Waals surface area (Å²) in [6.45, 7) is 1.88. The van der Waals surface area contributed by atoms with E-state index in [0.717, 1.165) is 11.3 Å². The van der Waals surface area contributed by atoms with Crippen LogP contribution in [-0.4, -0.2) is 20.6 Å². The zero-order valence-electron chi connectivity index (χ0n) is 11.2. The summed E-state index contributed by atoms with van der Waals surface area (Å²) in [5.41, 5.74) is 2.67. The largest absolute Gasteiger partial charge is 0.323 e. The molecular formula is C14H12ClN5O. The first-order chi connectivity index (χ1) is 10.1. The van der Waals surface area contributed by atoms with E-state index in [9.17, 15) is 4.79 Å². The van der Waals surface area contributed by atoms with Crippen LogP contribution >= 0.6 is 11.6 Å². The Labute approximate surface area is 125 Å². The minimum Gasteiger partial charge on any atom is -0.306 e. The van der Waals surface area contributed by atoms with Gasteiger partial charge in [-0.2, -0.15) is 5.10 Å². The maximum absolute atomic E-state index is 11.9. The molecule has 3 aromatic rings. The Bertz CT molecular complexity index is 814. The van der Waals surface area contributed by atoms with Crippen molar-refractivity contribution in [3.05, 3.63) is 53.4 Å². The van der Waals surface area contributed by atoms with Gasteiger partial charge < -0.3 is 10.6 Å². The Balaban J connectivity index is 1.75. The number of urea groups is 1. The number of nitrogens with zero attached hydrogens (tertiary/aromatic N) is 3. The molecule has 0 fully saturated rings. The van der Waals surface area contributed by atoms with Gasteiger partial charge in [0.15, 0.2) is 5.65 Å². The summed E-state index contributed by atoms with van der Waals surface area (Å²) in [5, 5.41) is 10.1. The molecule has 3 rings (SSSR count). The van der Waals surface area contributed by atoms with Crippen LogP contribution < -0.4 is 10.6 Å². The fraction of sp³-hybridized carbons (Fsp3) is 0.0714. The van der Waals surface area contributed by atoms with Crippen molar-refractivity contribution in [3.8, 4) is 0 Å². The number of benzene rings is 1. The first-order valence-corrected chi connectivity index (χ1v) is 6.64. The molecule has 21 heavy (non-hydrogen) atoms. The SMILES string of the molecule is Cc1cc2ncc(NC(=O)Nc3ccccc3Cl)cn2n1. The highest BCUT2D eigenvalue weighted by molar-refractivity contribution is 6.33. The van der Waals surface area contributed by atoms with E-state index in [4.69, 9.17) is 11.6 Å². The molecule has 106 valence electrons. The quantitative estimate of drug-likeness (QED) is 0.762. The van der Waals surface area contributed by atoms with Gasteiger partial charge in [0.25, 0.3) is 0 Å². The average molecular weight is 302 g/mol. The van der Waals surface area contributed by atoms with Gasteiger partial charge in [0.2, 0.25) is 0 Å². The third kappa shape index (κ3) is 2.95. The highest BCUT2D eigenvalue weighted by atomic mass is 35.5. The van der Waals surface area contributed by atoms with Gasteiger partial charge in [-0.05, 0) is 19.1 Å². The summed E-state index contributed by atoms with van der Waals surface area (Å²) in [5.74, 6) is 0. The number of carbonyl (C=O) groups excluding carboxylic acids is 1. The number of aromatic nitrogens is 3. The van der Waals surface area contributed by atoms with Crippen molar-refractivity contribution in [1.29, 1.82) is 0 Å². The van der Waals surface area contributed by atoms with Crippen molar-refractivity contribution in [2.45, 2.75) is 6.92 Å². The summed E-state index contributed by atoms with van der Waals surface area (Å²) in [6.07, 6.45) is 3.27. The van der Waals surface area contributed by atoms with Gasteiger partial charge in [0.1, 0.15) is 0 Å². The van der Waals surface area contributed by atoms with Crippen molar-refractivity contribution in [2.75, 3.05) is 10.6 Å². The molecule has 6 nitrogen and oxygen atoms in total. The lowest BCUT2D eigenvalue weighted by atomic mass is 10.3. The Morgan fingerprint density at radius 2 is 2.10 bits per heavy atom. The van der Waals surface area contributed by atoms with Crippen molar-refractivity contribution in [2.24, 2.45) is 0 Å². The van der Waals surface area contributed by atoms with Gasteiger partial charge in [0.05, 0.1) is 34.5 Å². The Kier molecular flexibility index (Phi) is 3.45. The van der Waals surface area contributed by atoms with Gasteiger partial charge in [-0.1, -0.05) is 23.7 Å². The fourth-order valence-corrected chi connectivity index (χ4v) is 2.09. The summed E-state index contributed by atoms with van der Waals surface area (Å²) in [7, 11) is 0. The van der Waals surface area contributed by atoms with Gasteiger partial charge in [-0.25, -0.2) is 14.3 Å². The first kappa shape index (κ1) is 13.4. The molecule has 2 heterocycles. The molecule has 0 aliphatic heterocycles. The van der Waals surface area contributed by atoms with Gasteiger partial charge >= 0.3 is 6.03 Å². The van der Waals surface area contributed by atoms with Crippen LogP contribution in [0.25, 0.3) is 5.65 Å². The molecule has 0 unspecified atom stereocenters. The van der Waals surface area contributed by atoms with E-state index in [1.807, 2.05) is 13.0 Å². The third-order valence-corrected chi connectivity index (χ3v) is 3.14. The molecule has 0 atom stereocenters. The van der Waals surface area contributed by atoms with E-state index >= 15 is 0 Å². The van der Waals surface area contributed by atoms with Crippen LogP contribution in [0.1, 0.15) is 5.69 Å². The number of fused-ring (bicyclic) bond motifs is 1. The van der Waals surface area contributed by atoms with E-state index in [-0.39, 0.29) is 0 Å². The van der Waals surface area contributed by atoms with Crippen LogP contribution in [0.5, 0.6) is 0 Å². The molecule has 0 aliphatic carbocycles. The number of hydrogen-bond acceptors (Lipinski definition) is 3. The number of amides is 2. The highest BCUT2D eigenvalue weighted by Gasteiger charge is 2.07. The van der Waals surface area contributed by atoms with Crippen LogP contribution in [0.15, 0.2) is 42.7 Å². The zero-order valence-corrected chi connectivity index (χ0v) is 11.9. The summed E-state index contributed by atoms with van der Waals surface area (Å²) in [4.78, 5) is 16.1. The van der Waals surface area contributed by atoms with Crippen LogP contribution in [0.2, 0.25) is 5.02 Å². The molecule has 7 heteroatoms. The number of anilines is 2. The molecule has 2 aromatic heterocycles. The van der Waals surface area contributed by atoms with Crippen LogP contribution in [0.4, 0.5) is 16.2 Å². The van der Waals surface area contributed by atoms with E-state index in [0.29, 0.717) is 16.4 Å². The topological polar surface area (TPSA) is 71.3 Å². The average Bonchev–Trinajstić information content (AvgIpc) is 2.80. The molecule has 1 aromatic carbocycles. The number of rotatable bonds is 2. The van der Waals surface area contributed by atoms with Gasteiger partial charge in [-0.15, -0.1) is 0 Å². The van der Waals surface area contributed by atoms with Crippen LogP contribution in [0, 0.1) is 6.92 Å². The second-order valence-corrected chi connectivity index (χ2v) is 4.90. The van der Waals surface area contributed by atoms with Gasteiger partial charge in [0, 0.05) is 6.07 Å². The highest BCUT2D eigenvalue weighted by Crippen LogP contribution is 2.20. The number of carbonyl (C=O) groups is 1. The number of para-hydroxylation sites is 1. The molecule has 0 saturated carbocycles. The normalized spacial score (nSPS) is 10.6. The molecule has 0 spiro atoms. The minimum atomic E-state index is -0.395. The second-order valence-electron chi connectivity index (χ2n) is 4.49. The lowest BCUT2D eigenvalue weighted by Gasteiger charge is -2.08. The van der Waals surface area contributed by atoms with Crippen molar-refractivity contribution in [3.63, 3.8) is 0 Å². The van der Waals surface area contributed by atoms with Crippen LogP contribution in [-0.2, 0) is 0 Å². The monoisotopic (exact) mass is 301 g/mol. The maximum Gasteiger partial charge on any atom is 0.323 e. The molecular weight excluding hydrogens is 290 g/mol. The molecule has 0 bridgehead atoms. The Hall–Kier alpha value is -2.60. The van der Waals surface area contributed by atoms with E-state index in [1.54, 1.807) is 41.2 Å². The first-order valence-electron chi connectivity index (χ1n) is 6.26. The van der Waals surface area contributed by atoms with E-state index < -0.39 is 6.03 Å². The minimum absolute atomic E-state index is 0.395. The predicted molar refractivity (Wildman–Crippen MR) is 81.8 cm³/mol. The van der Waals surface area contributed by atoms with E-state index in [1.165, 1.54) is 0 Å². The molecule has 0 saturated heterocycles. The van der Waals surface area contributed by atoms with Crippen molar-refractivity contribution < 1.29 is 4.79 Å². The standard InChI is InChI=1S/C14H12ClN5O/c1-9-6-13-16-7-10(8-20(13)19-9)17-14(21)18-12-5-3-2-4-11(12)15/h2-8H,1H3,(H2,17,18,21). The number of nitrogens with one attached hydrogen (secondary N) is 2. The number of halogens is 1. The summed E-state index contributed by atoms with van der Waals surface area (Å²) in [6, 6.07) is 8.48. The van der Waals surface area contributed by atoms with Gasteiger partial charge in [-0.3, -0.25) is 0 Å². The molecule has 0 radical (unpaired) electrons. The Morgan fingerprint density at radius 3 is 2.90 bits per heavy atom. The van der Waals surface area contributed by atoms with E-state index in [2.05, 4.69) is 20.7 Å². The Morgan fingerprint density at radius 1 is 1.29 bits per heavy atom. The third-order valence-electron chi connectivity index (χ3n) is 2.82. The maximum atomic E-state index is 11.9. The summed E-state index contributed by atoms with van der Waals surface area (Å²) >= 11 is 5.98. The smallest absolute Gasteiger partial charge is 0.306 e. The molecule has 2 N–H and O–H groups in total. The number of hydrogen-bond donors (Lipinski definition) is 2. The van der Waals surface area contributed by atoms with Crippen molar-refractivity contribution >= 4 is 34.7 Å². The second kappa shape index (κ2) is 5.41. The molecule has 2 amide bonds.